The molecule has 3 rings (SSSR count). The Labute approximate surface area is 137 Å². The van der Waals surface area contributed by atoms with Crippen LogP contribution in [-0.4, -0.2) is 9.55 Å². The summed E-state index contributed by atoms with van der Waals surface area (Å²) in [5.74, 6) is -1.47. The van der Waals surface area contributed by atoms with Crippen LogP contribution in [0.15, 0.2) is 24.3 Å². The lowest BCUT2D eigenvalue weighted by Gasteiger charge is -2.09. The third kappa shape index (κ3) is 2.44. The molecule has 21 heavy (non-hydrogen) atoms. The Hall–Kier alpha value is -1.14. The minimum atomic E-state index is -0.744. The van der Waals surface area contributed by atoms with Crippen molar-refractivity contribution in [2.75, 3.05) is 0 Å². The molecule has 0 aliphatic heterocycles. The van der Waals surface area contributed by atoms with Crippen molar-refractivity contribution < 1.29 is 8.78 Å². The second-order valence-electron chi connectivity index (χ2n) is 4.27. The molecule has 0 amide bonds. The molecule has 0 bridgehead atoms. The molecule has 2 aromatic carbocycles. The summed E-state index contributed by atoms with van der Waals surface area (Å²) in [4.78, 5) is 2.68. The van der Waals surface area contributed by atoms with Gasteiger partial charge in [0.25, 0.3) is 0 Å². The van der Waals surface area contributed by atoms with E-state index in [1.165, 1.54) is 16.7 Å². The van der Waals surface area contributed by atoms with Crippen molar-refractivity contribution in [3.8, 4) is 5.69 Å². The number of aromatic amines is 1. The van der Waals surface area contributed by atoms with Gasteiger partial charge in [0.05, 0.1) is 26.3 Å². The van der Waals surface area contributed by atoms with Crippen molar-refractivity contribution in [1.82, 2.24) is 9.55 Å². The lowest BCUT2D eigenvalue weighted by Crippen LogP contribution is -1.96. The summed E-state index contributed by atoms with van der Waals surface area (Å²) in [5, 5.41) is 0.782. The summed E-state index contributed by atoms with van der Waals surface area (Å²) in [7, 11) is 0. The van der Waals surface area contributed by atoms with Crippen LogP contribution in [0.25, 0.3) is 16.7 Å². The first kappa shape index (κ1) is 14.8. The predicted molar refractivity (Wildman–Crippen MR) is 83.4 cm³/mol. The summed E-state index contributed by atoms with van der Waals surface area (Å²) in [6, 6.07) is 4.85. The van der Waals surface area contributed by atoms with Gasteiger partial charge in [0.1, 0.15) is 11.3 Å². The molecule has 1 N–H and O–H groups in total. The Bertz CT molecular complexity index is 933. The fourth-order valence-corrected chi connectivity index (χ4v) is 2.98. The van der Waals surface area contributed by atoms with Crippen molar-refractivity contribution in [2.24, 2.45) is 0 Å². The zero-order chi connectivity index (χ0) is 15.3. The smallest absolute Gasteiger partial charge is 0.182 e. The molecule has 0 radical (unpaired) electrons. The number of nitrogens with one attached hydrogen (secondary N) is 1. The molecule has 0 atom stereocenters. The number of halogens is 5. The molecule has 108 valence electrons. The summed E-state index contributed by atoms with van der Waals surface area (Å²) < 4.78 is 28.8. The van der Waals surface area contributed by atoms with E-state index in [2.05, 4.69) is 4.98 Å². The van der Waals surface area contributed by atoms with E-state index >= 15 is 0 Å². The molecule has 3 aromatic rings. The van der Waals surface area contributed by atoms with Gasteiger partial charge in [0.15, 0.2) is 10.6 Å². The lowest BCUT2D eigenvalue weighted by molar-refractivity contribution is 0.590. The highest BCUT2D eigenvalue weighted by Gasteiger charge is 2.15. The number of rotatable bonds is 1. The van der Waals surface area contributed by atoms with Gasteiger partial charge in [0.2, 0.25) is 0 Å². The topological polar surface area (TPSA) is 20.7 Å². The van der Waals surface area contributed by atoms with Crippen LogP contribution >= 0.6 is 47.0 Å². The second-order valence-corrected chi connectivity index (χ2v) is 5.87. The first-order chi connectivity index (χ1) is 9.88. The van der Waals surface area contributed by atoms with Crippen LogP contribution in [0, 0.1) is 16.4 Å². The van der Waals surface area contributed by atoms with E-state index in [9.17, 15) is 8.78 Å². The monoisotopic (exact) mass is 364 g/mol. The molecule has 0 saturated carbocycles. The molecule has 0 spiro atoms. The second kappa shape index (κ2) is 5.25. The van der Waals surface area contributed by atoms with Crippen LogP contribution in [-0.2, 0) is 0 Å². The van der Waals surface area contributed by atoms with Crippen LogP contribution in [0.2, 0.25) is 15.1 Å². The maximum absolute atomic E-state index is 13.8. The van der Waals surface area contributed by atoms with Gasteiger partial charge in [-0.15, -0.1) is 0 Å². The fourth-order valence-electron chi connectivity index (χ4n) is 2.05. The number of benzene rings is 2. The number of imidazole rings is 1. The van der Waals surface area contributed by atoms with E-state index in [1.54, 1.807) is 0 Å². The van der Waals surface area contributed by atoms with Crippen molar-refractivity contribution in [3.63, 3.8) is 0 Å². The largest absolute Gasteiger partial charge is 0.328 e. The van der Waals surface area contributed by atoms with Gasteiger partial charge < -0.3 is 4.98 Å². The number of H-pyrrole nitrogens is 1. The van der Waals surface area contributed by atoms with Crippen molar-refractivity contribution in [1.29, 1.82) is 0 Å². The summed E-state index contributed by atoms with van der Waals surface area (Å²) in [6.07, 6.45) is 0. The molecule has 2 nitrogen and oxygen atoms in total. The average molecular weight is 366 g/mol. The molecule has 0 aliphatic rings. The van der Waals surface area contributed by atoms with E-state index < -0.39 is 11.6 Å². The summed E-state index contributed by atoms with van der Waals surface area (Å²) >= 11 is 23.1. The minimum absolute atomic E-state index is 0.0866. The Kier molecular flexibility index (Phi) is 3.69. The van der Waals surface area contributed by atoms with E-state index in [0.29, 0.717) is 5.69 Å². The number of hydrogen-bond acceptors (Lipinski definition) is 1. The highest BCUT2D eigenvalue weighted by molar-refractivity contribution is 7.71. The molecule has 1 heterocycles. The van der Waals surface area contributed by atoms with Gasteiger partial charge in [-0.3, -0.25) is 4.57 Å². The normalized spacial score (nSPS) is 11.3. The summed E-state index contributed by atoms with van der Waals surface area (Å²) in [5.41, 5.74) is 0.689. The highest BCUT2D eigenvalue weighted by Crippen LogP contribution is 2.33. The molecule has 1 aromatic heterocycles. The molecule has 8 heteroatoms. The number of hydrogen-bond donors (Lipinski definition) is 1. The molecule has 0 aliphatic carbocycles. The fraction of sp³-hybridized carbons (Fsp3) is 0. The predicted octanol–water partition coefficient (Wildman–Crippen LogP) is 5.93. The van der Waals surface area contributed by atoms with E-state index in [1.807, 2.05) is 0 Å². The molecular weight excluding hydrogens is 361 g/mol. The lowest BCUT2D eigenvalue weighted by atomic mass is 10.2. The van der Waals surface area contributed by atoms with Crippen molar-refractivity contribution >= 4 is 58.1 Å². The third-order valence-corrected chi connectivity index (χ3v) is 4.25. The third-order valence-electron chi connectivity index (χ3n) is 2.94. The first-order valence-electron chi connectivity index (χ1n) is 5.63. The average Bonchev–Trinajstić information content (AvgIpc) is 2.71. The van der Waals surface area contributed by atoms with Gasteiger partial charge in [-0.25, -0.2) is 8.78 Å². The van der Waals surface area contributed by atoms with E-state index in [4.69, 9.17) is 47.0 Å². The Morgan fingerprint density at radius 1 is 0.952 bits per heavy atom. The van der Waals surface area contributed by atoms with Crippen LogP contribution < -0.4 is 0 Å². The van der Waals surface area contributed by atoms with Crippen molar-refractivity contribution in [2.45, 2.75) is 0 Å². The van der Waals surface area contributed by atoms with Crippen molar-refractivity contribution in [3.05, 3.63) is 55.7 Å². The number of aromatic nitrogens is 2. The number of fused-ring (bicyclic) bond motifs is 1. The SMILES string of the molecule is Fc1cc(F)c2[nH]c(=S)n(-c3cc(Cl)c(Cl)cc3Cl)c2c1. The van der Waals surface area contributed by atoms with Crippen LogP contribution in [0.1, 0.15) is 0 Å². The Balaban J connectivity index is 2.43. The van der Waals surface area contributed by atoms with Crippen LogP contribution in [0.3, 0.4) is 0 Å². The van der Waals surface area contributed by atoms with Gasteiger partial charge in [-0.05, 0) is 24.4 Å². The van der Waals surface area contributed by atoms with Gasteiger partial charge >= 0.3 is 0 Å². The maximum Gasteiger partial charge on any atom is 0.182 e. The van der Waals surface area contributed by atoms with E-state index in [-0.39, 0.29) is 30.9 Å². The molecule has 0 fully saturated rings. The molecular formula is C13H5Cl3F2N2S. The Morgan fingerprint density at radius 2 is 1.62 bits per heavy atom. The summed E-state index contributed by atoms with van der Waals surface area (Å²) in [6.45, 7) is 0. The zero-order valence-corrected chi connectivity index (χ0v) is 13.1. The molecule has 0 unspecified atom stereocenters. The minimum Gasteiger partial charge on any atom is -0.328 e. The Morgan fingerprint density at radius 3 is 2.33 bits per heavy atom. The first-order valence-corrected chi connectivity index (χ1v) is 7.17. The van der Waals surface area contributed by atoms with E-state index in [0.717, 1.165) is 12.1 Å². The van der Waals surface area contributed by atoms with Crippen LogP contribution in [0.5, 0.6) is 0 Å². The zero-order valence-electron chi connectivity index (χ0n) is 10.1. The van der Waals surface area contributed by atoms with Gasteiger partial charge in [-0.1, -0.05) is 34.8 Å². The maximum atomic E-state index is 13.8. The standard InChI is InChI=1S/C13H5Cl3F2N2S/c14-6-3-8(16)10(4-7(6)15)20-11-2-5(17)1-9(18)12(11)19-13(20)21/h1-4H,(H,19,21). The van der Waals surface area contributed by atoms with Crippen LogP contribution in [0.4, 0.5) is 8.78 Å². The quantitative estimate of drug-likeness (QED) is 0.419. The van der Waals surface area contributed by atoms with Gasteiger partial charge in [-0.2, -0.15) is 0 Å². The molecule has 0 saturated heterocycles. The number of nitrogens with zero attached hydrogens (tertiary/aromatic N) is 1. The van der Waals surface area contributed by atoms with Gasteiger partial charge in [0, 0.05) is 12.1 Å². The highest BCUT2D eigenvalue weighted by atomic mass is 35.5.